The zero-order chi connectivity index (χ0) is 27.2. The van der Waals surface area contributed by atoms with E-state index in [9.17, 15) is 9.59 Å². The molecule has 4 rings (SSSR count). The van der Waals surface area contributed by atoms with E-state index in [1.54, 1.807) is 0 Å². The topological polar surface area (TPSA) is 87.1 Å². The van der Waals surface area contributed by atoms with Crippen molar-refractivity contribution in [3.8, 4) is 16.9 Å². The highest BCUT2D eigenvalue weighted by atomic mass is 16.5. The summed E-state index contributed by atoms with van der Waals surface area (Å²) < 4.78 is 5.79. The average Bonchev–Trinajstić information content (AvgIpc) is 2.93. The number of carboxylic acids is 2. The van der Waals surface area contributed by atoms with Crippen molar-refractivity contribution in [1.82, 2.24) is 4.90 Å². The number of hydrogen-bond donors (Lipinski definition) is 2. The molecule has 3 aromatic rings. The minimum absolute atomic E-state index is 0.296. The SMILES string of the molecule is CN(C/C=C/C=C/c1ccc(-c2ccccc2)cc1)Cc1ccc2c(c1)OCCC2.O=C(O)CCC(=O)O. The molecule has 6 heteroatoms. The Kier molecular flexibility index (Phi) is 11.3. The van der Waals surface area contributed by atoms with Gasteiger partial charge in [0.1, 0.15) is 5.75 Å². The van der Waals surface area contributed by atoms with E-state index in [4.69, 9.17) is 14.9 Å². The van der Waals surface area contributed by atoms with Gasteiger partial charge in [-0.2, -0.15) is 0 Å². The molecule has 1 aliphatic heterocycles. The average molecular weight is 514 g/mol. The van der Waals surface area contributed by atoms with Crippen LogP contribution in [0, 0.1) is 0 Å². The fourth-order valence-corrected chi connectivity index (χ4v) is 3.98. The van der Waals surface area contributed by atoms with Crippen molar-refractivity contribution in [2.45, 2.75) is 32.2 Å². The Morgan fingerprint density at radius 1 is 0.895 bits per heavy atom. The fraction of sp³-hybridized carbons (Fsp3) is 0.250. The molecular weight excluding hydrogens is 478 g/mol. The Morgan fingerprint density at radius 3 is 2.26 bits per heavy atom. The summed E-state index contributed by atoms with van der Waals surface area (Å²) in [6, 6.07) is 25.8. The zero-order valence-electron chi connectivity index (χ0n) is 21.8. The van der Waals surface area contributed by atoms with E-state index in [2.05, 4.69) is 103 Å². The molecule has 0 bridgehead atoms. The quantitative estimate of drug-likeness (QED) is 0.309. The van der Waals surface area contributed by atoms with Crippen LogP contribution in [0.2, 0.25) is 0 Å². The van der Waals surface area contributed by atoms with Crippen molar-refractivity contribution in [1.29, 1.82) is 0 Å². The van der Waals surface area contributed by atoms with E-state index in [1.807, 2.05) is 6.07 Å². The van der Waals surface area contributed by atoms with Gasteiger partial charge in [-0.05, 0) is 53.8 Å². The van der Waals surface area contributed by atoms with Gasteiger partial charge in [0.2, 0.25) is 0 Å². The van der Waals surface area contributed by atoms with Gasteiger partial charge in [-0.25, -0.2) is 0 Å². The summed E-state index contributed by atoms with van der Waals surface area (Å²) in [4.78, 5) is 21.6. The molecule has 6 nitrogen and oxygen atoms in total. The van der Waals surface area contributed by atoms with Crippen LogP contribution in [0.25, 0.3) is 17.2 Å². The third-order valence-electron chi connectivity index (χ3n) is 5.96. The highest BCUT2D eigenvalue weighted by Crippen LogP contribution is 2.26. The lowest BCUT2D eigenvalue weighted by molar-refractivity contribution is -0.143. The summed E-state index contributed by atoms with van der Waals surface area (Å²) >= 11 is 0. The van der Waals surface area contributed by atoms with Crippen LogP contribution in [0.5, 0.6) is 5.75 Å². The Bertz CT molecular complexity index is 1220. The maximum absolute atomic E-state index is 9.64. The van der Waals surface area contributed by atoms with Crippen molar-refractivity contribution in [3.05, 3.63) is 108 Å². The molecule has 198 valence electrons. The van der Waals surface area contributed by atoms with E-state index >= 15 is 0 Å². The number of nitrogens with zero attached hydrogens (tertiary/aromatic N) is 1. The van der Waals surface area contributed by atoms with Gasteiger partial charge in [0.15, 0.2) is 0 Å². The van der Waals surface area contributed by atoms with E-state index < -0.39 is 11.9 Å². The molecule has 38 heavy (non-hydrogen) atoms. The first-order valence-electron chi connectivity index (χ1n) is 12.8. The van der Waals surface area contributed by atoms with Gasteiger partial charge in [0.25, 0.3) is 0 Å². The number of aryl methyl sites for hydroxylation is 1. The van der Waals surface area contributed by atoms with E-state index in [-0.39, 0.29) is 12.8 Å². The van der Waals surface area contributed by atoms with Gasteiger partial charge in [0.05, 0.1) is 19.4 Å². The normalized spacial score (nSPS) is 12.6. The molecule has 0 fully saturated rings. The van der Waals surface area contributed by atoms with Gasteiger partial charge in [-0.1, -0.05) is 91.0 Å². The predicted molar refractivity (Wildman–Crippen MR) is 151 cm³/mol. The van der Waals surface area contributed by atoms with Crippen LogP contribution in [0.1, 0.15) is 36.0 Å². The van der Waals surface area contributed by atoms with Gasteiger partial charge < -0.3 is 14.9 Å². The summed E-state index contributed by atoms with van der Waals surface area (Å²) in [7, 11) is 2.15. The number of rotatable bonds is 10. The first-order valence-corrected chi connectivity index (χ1v) is 12.8. The Morgan fingerprint density at radius 2 is 1.58 bits per heavy atom. The van der Waals surface area contributed by atoms with Crippen LogP contribution in [0.15, 0.2) is 91.0 Å². The summed E-state index contributed by atoms with van der Waals surface area (Å²) in [5.74, 6) is -1.08. The van der Waals surface area contributed by atoms with Crippen LogP contribution in [-0.2, 0) is 22.6 Å². The van der Waals surface area contributed by atoms with Crippen LogP contribution in [-0.4, -0.2) is 47.3 Å². The molecular formula is C32H35NO5. The van der Waals surface area contributed by atoms with Crippen molar-refractivity contribution in [3.63, 3.8) is 0 Å². The molecule has 0 atom stereocenters. The fourth-order valence-electron chi connectivity index (χ4n) is 3.98. The van der Waals surface area contributed by atoms with Gasteiger partial charge >= 0.3 is 11.9 Å². The lowest BCUT2D eigenvalue weighted by Crippen LogP contribution is -2.18. The lowest BCUT2D eigenvalue weighted by atomic mass is 10.0. The molecule has 0 amide bonds. The molecule has 0 saturated carbocycles. The van der Waals surface area contributed by atoms with Crippen molar-refractivity contribution in [2.75, 3.05) is 20.2 Å². The summed E-state index contributed by atoms with van der Waals surface area (Å²) in [6.07, 6.45) is 10.2. The number of fused-ring (bicyclic) bond motifs is 1. The number of allylic oxidation sites excluding steroid dienone is 2. The van der Waals surface area contributed by atoms with Gasteiger partial charge in [0, 0.05) is 13.1 Å². The molecule has 0 aliphatic carbocycles. The minimum Gasteiger partial charge on any atom is -0.493 e. The van der Waals surface area contributed by atoms with Crippen LogP contribution < -0.4 is 4.74 Å². The molecule has 0 spiro atoms. The second-order valence-corrected chi connectivity index (χ2v) is 9.15. The minimum atomic E-state index is -1.08. The number of likely N-dealkylation sites (N-methyl/N-ethyl adjacent to an activating group) is 1. The molecule has 0 aromatic heterocycles. The highest BCUT2D eigenvalue weighted by molar-refractivity contribution is 5.75. The molecule has 3 aromatic carbocycles. The molecule has 0 saturated heterocycles. The number of ether oxygens (including phenoxy) is 1. The Labute approximate surface area is 224 Å². The molecule has 0 radical (unpaired) electrons. The summed E-state index contributed by atoms with van der Waals surface area (Å²) in [5, 5.41) is 15.8. The first kappa shape index (κ1) is 28.4. The summed E-state index contributed by atoms with van der Waals surface area (Å²) in [5.41, 5.74) is 6.36. The van der Waals surface area contributed by atoms with Crippen LogP contribution in [0.3, 0.4) is 0 Å². The monoisotopic (exact) mass is 513 g/mol. The number of hydrogen-bond acceptors (Lipinski definition) is 4. The number of benzene rings is 3. The Balaban J connectivity index is 0.000000436. The third-order valence-corrected chi connectivity index (χ3v) is 5.96. The molecule has 1 heterocycles. The second kappa shape index (κ2) is 15.2. The first-order chi connectivity index (χ1) is 18.4. The zero-order valence-corrected chi connectivity index (χ0v) is 21.8. The summed E-state index contributed by atoms with van der Waals surface area (Å²) in [6.45, 7) is 2.68. The van der Waals surface area contributed by atoms with Gasteiger partial charge in [-0.15, -0.1) is 0 Å². The maximum Gasteiger partial charge on any atom is 0.303 e. The maximum atomic E-state index is 9.64. The third kappa shape index (κ3) is 10.1. The second-order valence-electron chi connectivity index (χ2n) is 9.15. The Hall–Kier alpha value is -4.16. The largest absolute Gasteiger partial charge is 0.493 e. The number of carbonyl (C=O) groups is 2. The molecule has 0 unspecified atom stereocenters. The smallest absolute Gasteiger partial charge is 0.303 e. The van der Waals surface area contributed by atoms with Crippen molar-refractivity contribution >= 4 is 18.0 Å². The van der Waals surface area contributed by atoms with Crippen molar-refractivity contribution < 1.29 is 24.5 Å². The van der Waals surface area contributed by atoms with E-state index in [0.29, 0.717) is 0 Å². The van der Waals surface area contributed by atoms with Crippen molar-refractivity contribution in [2.24, 2.45) is 0 Å². The standard InChI is InChI=1S/C28H29NO.C4H6O4/c1-29(22-24-15-18-27-12-8-20-30-28(27)21-24)19-7-3-4-9-23-13-16-26(17-14-23)25-10-5-2-6-11-25;5-3(6)1-2-4(7)8/h2-7,9-11,13-18,21H,8,12,19-20,22H2,1H3;1-2H2,(H,5,6)(H,7,8)/b7-3+,9-4+;. The lowest BCUT2D eigenvalue weighted by Gasteiger charge is -2.20. The van der Waals surface area contributed by atoms with Gasteiger partial charge in [-0.3, -0.25) is 14.5 Å². The van der Waals surface area contributed by atoms with E-state index in [1.165, 1.54) is 27.8 Å². The molecule has 2 N–H and O–H groups in total. The molecule has 1 aliphatic rings. The van der Waals surface area contributed by atoms with Crippen LogP contribution >= 0.6 is 0 Å². The number of aliphatic carboxylic acids is 2. The van der Waals surface area contributed by atoms with E-state index in [0.717, 1.165) is 38.3 Å². The van der Waals surface area contributed by atoms with Crippen LogP contribution in [0.4, 0.5) is 0 Å². The highest BCUT2D eigenvalue weighted by Gasteiger charge is 2.11. The predicted octanol–water partition coefficient (Wildman–Crippen LogP) is 6.32. The number of carboxylic acid groups (broad SMARTS) is 2.